The monoisotopic (exact) mass is 174 g/mol. The fraction of sp³-hybridized carbons (Fsp3) is 0.889. The van der Waals surface area contributed by atoms with Crippen molar-refractivity contribution in [3.05, 3.63) is 0 Å². The van der Waals surface area contributed by atoms with Gasteiger partial charge in [0, 0.05) is 6.42 Å². The summed E-state index contributed by atoms with van der Waals surface area (Å²) in [6.45, 7) is 6.13. The van der Waals surface area contributed by atoms with Crippen molar-refractivity contribution in [3.63, 3.8) is 0 Å². The number of hydrogen-bond acceptors (Lipinski definition) is 3. The van der Waals surface area contributed by atoms with Crippen LogP contribution in [-0.2, 0) is 9.53 Å². The molecule has 0 heterocycles. The van der Waals surface area contributed by atoms with Crippen molar-refractivity contribution in [3.8, 4) is 0 Å². The van der Waals surface area contributed by atoms with E-state index in [4.69, 9.17) is 4.74 Å². The van der Waals surface area contributed by atoms with E-state index >= 15 is 0 Å². The fourth-order valence-electron chi connectivity index (χ4n) is 0.612. The van der Waals surface area contributed by atoms with Gasteiger partial charge in [-0.25, -0.2) is 0 Å². The molecule has 1 atom stereocenters. The van der Waals surface area contributed by atoms with Crippen molar-refractivity contribution in [2.45, 2.75) is 33.3 Å². The second kappa shape index (κ2) is 6.14. The minimum absolute atomic E-state index is 0.119. The first-order chi connectivity index (χ1) is 5.54. The van der Waals surface area contributed by atoms with Crippen LogP contribution in [-0.4, -0.2) is 30.2 Å². The van der Waals surface area contributed by atoms with Gasteiger partial charge in [-0.2, -0.15) is 0 Å². The lowest BCUT2D eigenvalue weighted by Gasteiger charge is -2.13. The van der Waals surface area contributed by atoms with Gasteiger partial charge in [0.25, 0.3) is 0 Å². The predicted octanol–water partition coefficient (Wildman–Crippen LogP) is 0.999. The van der Waals surface area contributed by atoms with Crippen LogP contribution in [0.3, 0.4) is 0 Å². The molecule has 0 aromatic heterocycles. The van der Waals surface area contributed by atoms with Gasteiger partial charge in [0.15, 0.2) is 0 Å². The third-order valence-corrected chi connectivity index (χ3v) is 1.66. The Balaban J connectivity index is 3.25. The summed E-state index contributed by atoms with van der Waals surface area (Å²) in [7, 11) is 0. The molecule has 0 aliphatic carbocycles. The average Bonchev–Trinajstić information content (AvgIpc) is 1.97. The number of Topliss-reactive ketones (excluding diaryl/α,β-unsaturated/α-hetero) is 1. The molecule has 12 heavy (non-hydrogen) atoms. The van der Waals surface area contributed by atoms with E-state index in [2.05, 4.69) is 0 Å². The summed E-state index contributed by atoms with van der Waals surface area (Å²) >= 11 is 0. The zero-order valence-electron chi connectivity index (χ0n) is 8.04. The Bertz CT molecular complexity index is 132. The molecule has 3 nitrogen and oxygen atoms in total. The van der Waals surface area contributed by atoms with E-state index in [1.807, 2.05) is 13.8 Å². The number of ketones is 1. The lowest BCUT2D eigenvalue weighted by molar-refractivity contribution is -0.118. The molecule has 1 N–H and O–H groups in total. The first-order valence-corrected chi connectivity index (χ1v) is 4.29. The first kappa shape index (κ1) is 11.6. The van der Waals surface area contributed by atoms with Crippen LogP contribution in [0.25, 0.3) is 0 Å². The van der Waals surface area contributed by atoms with Gasteiger partial charge in [0.2, 0.25) is 0 Å². The van der Waals surface area contributed by atoms with Crippen molar-refractivity contribution in [1.29, 1.82) is 0 Å². The molecule has 0 bridgehead atoms. The number of aliphatic hydroxyl groups is 1. The topological polar surface area (TPSA) is 46.5 Å². The van der Waals surface area contributed by atoms with Crippen LogP contribution < -0.4 is 0 Å². The van der Waals surface area contributed by atoms with Gasteiger partial charge in [-0.05, 0) is 12.8 Å². The van der Waals surface area contributed by atoms with Crippen molar-refractivity contribution in [2.24, 2.45) is 5.92 Å². The normalized spacial score (nSPS) is 13.4. The molecule has 0 saturated carbocycles. The molecule has 0 unspecified atom stereocenters. The van der Waals surface area contributed by atoms with E-state index in [9.17, 15) is 9.90 Å². The van der Waals surface area contributed by atoms with Gasteiger partial charge >= 0.3 is 0 Å². The highest BCUT2D eigenvalue weighted by Gasteiger charge is 2.08. The Kier molecular flexibility index (Phi) is 5.93. The molecule has 0 fully saturated rings. The Morgan fingerprint density at radius 3 is 2.50 bits per heavy atom. The van der Waals surface area contributed by atoms with E-state index in [0.717, 1.165) is 0 Å². The van der Waals surface area contributed by atoms with Crippen molar-refractivity contribution < 1.29 is 14.6 Å². The molecule has 0 saturated heterocycles. The summed E-state index contributed by atoms with van der Waals surface area (Å²) in [4.78, 5) is 10.5. The van der Waals surface area contributed by atoms with Crippen LogP contribution in [0, 0.1) is 5.92 Å². The van der Waals surface area contributed by atoms with E-state index in [0.29, 0.717) is 19.6 Å². The lowest BCUT2D eigenvalue weighted by atomic mass is 10.1. The number of aliphatic hydroxyl groups excluding tert-OH is 1. The summed E-state index contributed by atoms with van der Waals surface area (Å²) < 4.78 is 5.10. The minimum Gasteiger partial charge on any atom is -0.390 e. The van der Waals surface area contributed by atoms with Gasteiger partial charge < -0.3 is 9.84 Å². The van der Waals surface area contributed by atoms with E-state index in [1.165, 1.54) is 6.92 Å². The zero-order valence-corrected chi connectivity index (χ0v) is 8.04. The molecule has 3 heteroatoms. The molecule has 0 radical (unpaired) electrons. The Hall–Kier alpha value is -0.410. The van der Waals surface area contributed by atoms with Crippen LogP contribution in [0.4, 0.5) is 0 Å². The maximum absolute atomic E-state index is 10.5. The number of rotatable bonds is 6. The molecule has 0 spiro atoms. The molecule has 72 valence electrons. The van der Waals surface area contributed by atoms with Crippen molar-refractivity contribution >= 4 is 5.78 Å². The predicted molar refractivity (Wildman–Crippen MR) is 47.0 cm³/mol. The van der Waals surface area contributed by atoms with Crippen LogP contribution in [0.15, 0.2) is 0 Å². The van der Waals surface area contributed by atoms with Gasteiger partial charge in [-0.15, -0.1) is 0 Å². The quantitative estimate of drug-likeness (QED) is 0.611. The van der Waals surface area contributed by atoms with Gasteiger partial charge in [-0.3, -0.25) is 4.79 Å². The van der Waals surface area contributed by atoms with Gasteiger partial charge in [0.05, 0.1) is 19.3 Å². The SMILES string of the molecule is CC(=O)CCOC[C@H](O)C(C)C. The number of hydrogen-bond donors (Lipinski definition) is 1. The first-order valence-electron chi connectivity index (χ1n) is 4.29. The Morgan fingerprint density at radius 2 is 2.08 bits per heavy atom. The maximum Gasteiger partial charge on any atom is 0.132 e. The van der Waals surface area contributed by atoms with Crippen LogP contribution in [0.5, 0.6) is 0 Å². The second-order valence-electron chi connectivity index (χ2n) is 3.34. The van der Waals surface area contributed by atoms with Crippen molar-refractivity contribution in [2.75, 3.05) is 13.2 Å². The summed E-state index contributed by atoms with van der Waals surface area (Å²) in [5.74, 6) is 0.330. The highest BCUT2D eigenvalue weighted by atomic mass is 16.5. The summed E-state index contributed by atoms with van der Waals surface area (Å²) in [5.41, 5.74) is 0. The van der Waals surface area contributed by atoms with E-state index in [-0.39, 0.29) is 11.7 Å². The molecule has 0 aromatic carbocycles. The maximum atomic E-state index is 10.5. The lowest BCUT2D eigenvalue weighted by Crippen LogP contribution is -2.22. The molecule has 0 amide bonds. The van der Waals surface area contributed by atoms with E-state index in [1.54, 1.807) is 0 Å². The van der Waals surface area contributed by atoms with Crippen LogP contribution >= 0.6 is 0 Å². The molecular formula is C9H18O3. The second-order valence-corrected chi connectivity index (χ2v) is 3.34. The highest BCUT2D eigenvalue weighted by Crippen LogP contribution is 2.01. The third-order valence-electron chi connectivity index (χ3n) is 1.66. The van der Waals surface area contributed by atoms with Gasteiger partial charge in [-0.1, -0.05) is 13.8 Å². The van der Waals surface area contributed by atoms with Crippen LogP contribution in [0.1, 0.15) is 27.2 Å². The largest absolute Gasteiger partial charge is 0.390 e. The minimum atomic E-state index is -0.419. The zero-order chi connectivity index (χ0) is 9.56. The summed E-state index contributed by atoms with van der Waals surface area (Å²) in [5, 5.41) is 9.28. The third kappa shape index (κ3) is 6.31. The van der Waals surface area contributed by atoms with E-state index < -0.39 is 6.10 Å². The standard InChI is InChI=1S/C9H18O3/c1-7(2)9(11)6-12-5-4-8(3)10/h7,9,11H,4-6H2,1-3H3/t9-/m0/s1. The number of carbonyl (C=O) groups is 1. The summed E-state index contributed by atoms with van der Waals surface area (Å²) in [6.07, 6.45) is 0.0158. The highest BCUT2D eigenvalue weighted by molar-refractivity contribution is 5.75. The molecular weight excluding hydrogens is 156 g/mol. The smallest absolute Gasteiger partial charge is 0.132 e. The van der Waals surface area contributed by atoms with Gasteiger partial charge in [0.1, 0.15) is 5.78 Å². The average molecular weight is 174 g/mol. The molecule has 0 aromatic rings. The fourth-order valence-corrected chi connectivity index (χ4v) is 0.612. The molecule has 0 aliphatic heterocycles. The van der Waals surface area contributed by atoms with Crippen molar-refractivity contribution in [1.82, 2.24) is 0 Å². The molecule has 0 rings (SSSR count). The summed E-state index contributed by atoms with van der Waals surface area (Å²) in [6, 6.07) is 0. The Morgan fingerprint density at radius 1 is 1.50 bits per heavy atom. The molecule has 0 aliphatic rings. The number of carbonyl (C=O) groups excluding carboxylic acids is 1. The Labute approximate surface area is 73.7 Å². The van der Waals surface area contributed by atoms with Crippen LogP contribution in [0.2, 0.25) is 0 Å². The number of ether oxygens (including phenoxy) is 1.